The largest absolute Gasteiger partial charge is 0.391 e. The molecule has 0 aliphatic heterocycles. The van der Waals surface area contributed by atoms with Crippen LogP contribution in [0.1, 0.15) is 39.5 Å². The van der Waals surface area contributed by atoms with Crippen LogP contribution < -0.4 is 11.1 Å². The molecule has 7 heteroatoms. The molecule has 0 radical (unpaired) electrons. The molecule has 2 atom stereocenters. The van der Waals surface area contributed by atoms with Crippen LogP contribution in [0.2, 0.25) is 0 Å². The van der Waals surface area contributed by atoms with Crippen LogP contribution in [0.3, 0.4) is 0 Å². The van der Waals surface area contributed by atoms with Crippen molar-refractivity contribution in [1.82, 2.24) is 5.32 Å². The highest BCUT2D eigenvalue weighted by atomic mass is 35.5. The zero-order valence-corrected chi connectivity index (χ0v) is 12.0. The Morgan fingerprint density at radius 3 is 2.05 bits per heavy atom. The highest BCUT2D eigenvalue weighted by Gasteiger charge is 2.41. The van der Waals surface area contributed by atoms with Crippen LogP contribution in [-0.2, 0) is 4.79 Å². The van der Waals surface area contributed by atoms with Gasteiger partial charge in [0.25, 0.3) is 0 Å². The second kappa shape index (κ2) is 7.33. The molecule has 0 aromatic carbocycles. The van der Waals surface area contributed by atoms with Crippen LogP contribution in [-0.4, -0.2) is 24.2 Å². The molecule has 2 unspecified atom stereocenters. The van der Waals surface area contributed by atoms with Crippen molar-refractivity contribution >= 4 is 18.3 Å². The average molecular weight is 303 g/mol. The number of nitrogens with one attached hydrogen (secondary N) is 1. The van der Waals surface area contributed by atoms with Gasteiger partial charge in [-0.15, -0.1) is 12.4 Å². The normalized spacial score (nSPS) is 27.1. The smallest absolute Gasteiger partial charge is 0.353 e. The van der Waals surface area contributed by atoms with E-state index in [1.54, 1.807) is 13.8 Å². The van der Waals surface area contributed by atoms with Crippen molar-refractivity contribution in [3.05, 3.63) is 0 Å². The lowest BCUT2D eigenvalue weighted by atomic mass is 9.85. The third-order valence-electron chi connectivity index (χ3n) is 3.74. The Morgan fingerprint density at radius 2 is 1.68 bits per heavy atom. The van der Waals surface area contributed by atoms with Crippen LogP contribution in [0.25, 0.3) is 0 Å². The van der Waals surface area contributed by atoms with E-state index in [1.807, 2.05) is 0 Å². The van der Waals surface area contributed by atoms with Crippen molar-refractivity contribution < 1.29 is 18.0 Å². The Bertz CT molecular complexity index is 289. The summed E-state index contributed by atoms with van der Waals surface area (Å²) in [5.41, 5.74) is 5.61. The molecule has 1 aliphatic rings. The van der Waals surface area contributed by atoms with Gasteiger partial charge < -0.3 is 11.1 Å². The molecule has 1 rings (SSSR count). The molecule has 0 aromatic heterocycles. The minimum absolute atomic E-state index is 0. The first-order chi connectivity index (χ1) is 8.21. The van der Waals surface area contributed by atoms with E-state index in [1.165, 1.54) is 0 Å². The zero-order chi connectivity index (χ0) is 13.9. The van der Waals surface area contributed by atoms with Crippen molar-refractivity contribution in [2.75, 3.05) is 0 Å². The topological polar surface area (TPSA) is 55.1 Å². The van der Waals surface area contributed by atoms with Gasteiger partial charge in [0.2, 0.25) is 5.91 Å². The molecule has 19 heavy (non-hydrogen) atoms. The number of hydrogen-bond donors (Lipinski definition) is 2. The van der Waals surface area contributed by atoms with Gasteiger partial charge in [0, 0.05) is 18.0 Å². The third kappa shape index (κ3) is 5.57. The fraction of sp³-hybridized carbons (Fsp3) is 0.917. The molecule has 0 heterocycles. The van der Waals surface area contributed by atoms with Gasteiger partial charge in [0.05, 0.1) is 5.92 Å². The predicted molar refractivity (Wildman–Crippen MR) is 70.0 cm³/mol. The molecule has 114 valence electrons. The van der Waals surface area contributed by atoms with Gasteiger partial charge in [-0.05, 0) is 32.6 Å². The number of carbonyl (C=O) groups excluding carboxylic acids is 1. The van der Waals surface area contributed by atoms with Crippen molar-refractivity contribution in [2.45, 2.75) is 57.8 Å². The van der Waals surface area contributed by atoms with Crippen LogP contribution >= 0.6 is 12.4 Å². The van der Waals surface area contributed by atoms with Crippen LogP contribution in [0.5, 0.6) is 0 Å². The van der Waals surface area contributed by atoms with Crippen LogP contribution in [0.15, 0.2) is 0 Å². The van der Waals surface area contributed by atoms with E-state index in [2.05, 4.69) is 5.32 Å². The summed E-state index contributed by atoms with van der Waals surface area (Å²) in [6.45, 7) is 3.46. The Kier molecular flexibility index (Phi) is 7.15. The third-order valence-corrected chi connectivity index (χ3v) is 3.74. The molecule has 1 saturated carbocycles. The second-order valence-corrected chi connectivity index (χ2v) is 5.25. The van der Waals surface area contributed by atoms with Gasteiger partial charge in [0.15, 0.2) is 0 Å². The van der Waals surface area contributed by atoms with Gasteiger partial charge in [-0.3, -0.25) is 4.79 Å². The maximum Gasteiger partial charge on any atom is 0.391 e. The molecule has 0 aromatic rings. The average Bonchev–Trinajstić information content (AvgIpc) is 2.27. The van der Waals surface area contributed by atoms with Crippen molar-refractivity contribution in [3.8, 4) is 0 Å². The van der Waals surface area contributed by atoms with E-state index in [0.29, 0.717) is 12.8 Å². The fourth-order valence-electron chi connectivity index (χ4n) is 2.14. The summed E-state index contributed by atoms with van der Waals surface area (Å²) in [6, 6.07) is -0.395. The van der Waals surface area contributed by atoms with E-state index in [-0.39, 0.29) is 49.2 Å². The maximum absolute atomic E-state index is 12.5. The van der Waals surface area contributed by atoms with Gasteiger partial charge in [-0.2, -0.15) is 13.2 Å². The van der Waals surface area contributed by atoms with Crippen molar-refractivity contribution in [2.24, 2.45) is 17.6 Å². The highest BCUT2D eigenvalue weighted by molar-refractivity contribution is 5.85. The SMILES string of the molecule is CC(N)C(C)C(=O)NC1CCC(C(F)(F)F)CC1.Cl. The monoisotopic (exact) mass is 302 g/mol. The standard InChI is InChI=1S/C12H21F3N2O.ClH/c1-7(8(2)16)11(18)17-10-5-3-9(4-6-10)12(13,14)15;/h7-10H,3-6,16H2,1-2H3,(H,17,18);1H. The number of hydrogen-bond acceptors (Lipinski definition) is 2. The van der Waals surface area contributed by atoms with Gasteiger partial charge in [-0.25, -0.2) is 0 Å². The Balaban J connectivity index is 0.00000324. The summed E-state index contributed by atoms with van der Waals surface area (Å²) in [5.74, 6) is -1.69. The quantitative estimate of drug-likeness (QED) is 0.842. The molecular formula is C12H22ClF3N2O. The highest BCUT2D eigenvalue weighted by Crippen LogP contribution is 2.37. The zero-order valence-electron chi connectivity index (χ0n) is 11.2. The molecule has 0 saturated heterocycles. The first-order valence-corrected chi connectivity index (χ1v) is 6.34. The molecule has 1 aliphatic carbocycles. The maximum atomic E-state index is 12.5. The molecule has 3 nitrogen and oxygen atoms in total. The van der Waals surface area contributed by atoms with Gasteiger partial charge in [0.1, 0.15) is 0 Å². The van der Waals surface area contributed by atoms with Gasteiger partial charge >= 0.3 is 6.18 Å². The molecule has 0 spiro atoms. The lowest BCUT2D eigenvalue weighted by molar-refractivity contribution is -0.182. The summed E-state index contributed by atoms with van der Waals surface area (Å²) < 4.78 is 37.4. The van der Waals surface area contributed by atoms with Crippen molar-refractivity contribution in [3.63, 3.8) is 0 Å². The predicted octanol–water partition coefficient (Wildman–Crippen LogP) is 2.63. The van der Waals surface area contributed by atoms with E-state index in [9.17, 15) is 18.0 Å². The summed E-state index contributed by atoms with van der Waals surface area (Å²) in [6.07, 6.45) is -3.13. The number of alkyl halides is 3. The number of nitrogens with two attached hydrogens (primary N) is 1. The second-order valence-electron chi connectivity index (χ2n) is 5.25. The minimum Gasteiger partial charge on any atom is -0.353 e. The summed E-state index contributed by atoms with van der Waals surface area (Å²) >= 11 is 0. The summed E-state index contributed by atoms with van der Waals surface area (Å²) in [4.78, 5) is 11.7. The van der Waals surface area contributed by atoms with Gasteiger partial charge in [-0.1, -0.05) is 6.92 Å². The number of amides is 1. The molecular weight excluding hydrogens is 281 g/mol. The van der Waals surface area contributed by atoms with E-state index < -0.39 is 12.1 Å². The molecule has 3 N–H and O–H groups in total. The Morgan fingerprint density at radius 1 is 1.21 bits per heavy atom. The van der Waals surface area contributed by atoms with E-state index >= 15 is 0 Å². The fourth-order valence-corrected chi connectivity index (χ4v) is 2.14. The number of halogens is 4. The lowest BCUT2D eigenvalue weighted by Gasteiger charge is -2.31. The molecule has 1 fully saturated rings. The minimum atomic E-state index is -4.10. The van der Waals surface area contributed by atoms with Crippen LogP contribution in [0.4, 0.5) is 13.2 Å². The van der Waals surface area contributed by atoms with Crippen molar-refractivity contribution in [1.29, 1.82) is 0 Å². The number of rotatable bonds is 3. The first-order valence-electron chi connectivity index (χ1n) is 6.34. The Hall–Kier alpha value is -0.490. The molecule has 0 bridgehead atoms. The van der Waals surface area contributed by atoms with E-state index in [0.717, 1.165) is 0 Å². The van der Waals surface area contributed by atoms with Crippen LogP contribution in [0, 0.1) is 11.8 Å². The Labute approximate surface area is 117 Å². The lowest BCUT2D eigenvalue weighted by Crippen LogP contribution is -2.45. The first kappa shape index (κ1) is 18.5. The summed E-state index contributed by atoms with van der Waals surface area (Å²) in [5, 5.41) is 2.79. The number of carbonyl (C=O) groups is 1. The van der Waals surface area contributed by atoms with E-state index in [4.69, 9.17) is 5.73 Å². The molecule has 1 amide bonds. The summed E-state index contributed by atoms with van der Waals surface area (Å²) in [7, 11) is 0.